The molecular formula is C15H19N3O2. The average Bonchev–Trinajstić information content (AvgIpc) is 2.95. The van der Waals surface area contributed by atoms with Crippen LogP contribution in [0, 0.1) is 12.8 Å². The van der Waals surface area contributed by atoms with Crippen molar-refractivity contribution in [2.75, 3.05) is 6.54 Å². The first-order valence-electron chi connectivity index (χ1n) is 6.96. The van der Waals surface area contributed by atoms with Gasteiger partial charge in [-0.1, -0.05) is 6.07 Å². The third-order valence-electron chi connectivity index (χ3n) is 4.30. The Bertz CT molecular complexity index is 650. The van der Waals surface area contributed by atoms with Crippen LogP contribution in [-0.2, 0) is 11.3 Å². The molecule has 2 atom stereocenters. The van der Waals surface area contributed by atoms with Crippen molar-refractivity contribution in [1.82, 2.24) is 14.3 Å². The van der Waals surface area contributed by atoms with Gasteiger partial charge in [-0.3, -0.25) is 9.69 Å². The number of hydrogen-bond donors (Lipinski definition) is 1. The lowest BCUT2D eigenvalue weighted by molar-refractivity contribution is -0.142. The third kappa shape index (κ3) is 2.18. The van der Waals surface area contributed by atoms with Crippen LogP contribution in [0.15, 0.2) is 24.5 Å². The smallest absolute Gasteiger partial charge is 0.308 e. The van der Waals surface area contributed by atoms with Crippen molar-refractivity contribution < 1.29 is 9.90 Å². The molecule has 2 aromatic heterocycles. The van der Waals surface area contributed by atoms with Crippen LogP contribution in [-0.4, -0.2) is 37.9 Å². The quantitative estimate of drug-likeness (QED) is 0.928. The topological polar surface area (TPSA) is 57.8 Å². The van der Waals surface area contributed by atoms with E-state index in [0.717, 1.165) is 29.9 Å². The fourth-order valence-corrected chi connectivity index (χ4v) is 3.05. The van der Waals surface area contributed by atoms with Crippen LogP contribution in [0.5, 0.6) is 0 Å². The summed E-state index contributed by atoms with van der Waals surface area (Å²) in [6, 6.07) is 4.12. The molecule has 0 radical (unpaired) electrons. The van der Waals surface area contributed by atoms with E-state index in [1.165, 1.54) is 0 Å². The van der Waals surface area contributed by atoms with E-state index in [-0.39, 0.29) is 12.0 Å². The fourth-order valence-electron chi connectivity index (χ4n) is 3.05. The number of hydrogen-bond acceptors (Lipinski definition) is 3. The van der Waals surface area contributed by atoms with Crippen LogP contribution in [0.1, 0.15) is 24.6 Å². The van der Waals surface area contributed by atoms with Crippen molar-refractivity contribution >= 4 is 11.6 Å². The second-order valence-electron chi connectivity index (χ2n) is 5.60. The van der Waals surface area contributed by atoms with Crippen molar-refractivity contribution in [1.29, 1.82) is 0 Å². The molecule has 1 aliphatic rings. The van der Waals surface area contributed by atoms with E-state index in [1.807, 2.05) is 42.8 Å². The van der Waals surface area contributed by atoms with Gasteiger partial charge in [0.05, 0.1) is 11.6 Å². The SMILES string of the molecule is Cc1cccn2cc(CN3CCC(C(=O)O)C3C)nc12. The van der Waals surface area contributed by atoms with Gasteiger partial charge in [0.1, 0.15) is 5.65 Å². The summed E-state index contributed by atoms with van der Waals surface area (Å²) < 4.78 is 2.03. The highest BCUT2D eigenvalue weighted by Gasteiger charge is 2.35. The van der Waals surface area contributed by atoms with Crippen LogP contribution in [0.4, 0.5) is 0 Å². The van der Waals surface area contributed by atoms with Crippen LogP contribution in [0.3, 0.4) is 0 Å². The van der Waals surface area contributed by atoms with Gasteiger partial charge in [-0.25, -0.2) is 4.98 Å². The summed E-state index contributed by atoms with van der Waals surface area (Å²) >= 11 is 0. The molecule has 0 amide bonds. The zero-order valence-corrected chi connectivity index (χ0v) is 11.8. The standard InChI is InChI=1S/C15H19N3O2/c1-10-4-3-6-18-9-12(16-14(10)18)8-17-7-5-13(11(17)2)15(19)20/h3-4,6,9,11,13H,5,7-8H2,1-2H3,(H,19,20). The van der Waals surface area contributed by atoms with Gasteiger partial charge in [-0.05, 0) is 38.4 Å². The average molecular weight is 273 g/mol. The lowest BCUT2D eigenvalue weighted by atomic mass is 10.0. The Kier molecular flexibility index (Phi) is 3.22. The van der Waals surface area contributed by atoms with Gasteiger partial charge in [0.2, 0.25) is 0 Å². The van der Waals surface area contributed by atoms with E-state index in [2.05, 4.69) is 9.88 Å². The molecule has 20 heavy (non-hydrogen) atoms. The molecule has 0 aromatic carbocycles. The van der Waals surface area contributed by atoms with Crippen LogP contribution >= 0.6 is 0 Å². The number of rotatable bonds is 3. The number of likely N-dealkylation sites (tertiary alicyclic amines) is 1. The van der Waals surface area contributed by atoms with Gasteiger partial charge in [-0.2, -0.15) is 0 Å². The maximum atomic E-state index is 11.1. The van der Waals surface area contributed by atoms with Crippen molar-refractivity contribution in [2.45, 2.75) is 32.9 Å². The highest BCUT2D eigenvalue weighted by Crippen LogP contribution is 2.26. The molecule has 0 bridgehead atoms. The molecule has 1 fully saturated rings. The number of aryl methyl sites for hydroxylation is 1. The second kappa shape index (κ2) is 4.90. The van der Waals surface area contributed by atoms with Crippen molar-refractivity contribution in [3.8, 4) is 0 Å². The normalized spacial score (nSPS) is 23.5. The third-order valence-corrected chi connectivity index (χ3v) is 4.30. The number of carboxylic acid groups (broad SMARTS) is 1. The molecule has 3 heterocycles. The first-order chi connectivity index (χ1) is 9.56. The fraction of sp³-hybridized carbons (Fsp3) is 0.467. The Labute approximate surface area is 117 Å². The lowest BCUT2D eigenvalue weighted by Crippen LogP contribution is -2.32. The molecule has 0 spiro atoms. The van der Waals surface area contributed by atoms with E-state index >= 15 is 0 Å². The Balaban J connectivity index is 1.80. The van der Waals surface area contributed by atoms with Gasteiger partial charge in [0, 0.05) is 25.0 Å². The Hall–Kier alpha value is -1.88. The molecule has 0 saturated carbocycles. The molecule has 0 aliphatic carbocycles. The summed E-state index contributed by atoms with van der Waals surface area (Å²) in [4.78, 5) is 18.0. The summed E-state index contributed by atoms with van der Waals surface area (Å²) in [7, 11) is 0. The van der Waals surface area contributed by atoms with E-state index in [4.69, 9.17) is 0 Å². The van der Waals surface area contributed by atoms with E-state index in [0.29, 0.717) is 6.54 Å². The molecule has 5 nitrogen and oxygen atoms in total. The molecule has 1 saturated heterocycles. The zero-order chi connectivity index (χ0) is 14.3. The molecule has 5 heteroatoms. The maximum absolute atomic E-state index is 11.1. The highest BCUT2D eigenvalue weighted by atomic mass is 16.4. The minimum Gasteiger partial charge on any atom is -0.481 e. The van der Waals surface area contributed by atoms with Crippen LogP contribution < -0.4 is 0 Å². The molecule has 1 aliphatic heterocycles. The van der Waals surface area contributed by atoms with Gasteiger partial charge in [0.15, 0.2) is 0 Å². The first kappa shape index (κ1) is 13.1. The first-order valence-corrected chi connectivity index (χ1v) is 6.96. The number of nitrogens with zero attached hydrogens (tertiary/aromatic N) is 3. The second-order valence-corrected chi connectivity index (χ2v) is 5.60. The molecule has 106 valence electrons. The number of carbonyl (C=O) groups is 1. The lowest BCUT2D eigenvalue weighted by Gasteiger charge is -2.21. The van der Waals surface area contributed by atoms with Crippen LogP contribution in [0.2, 0.25) is 0 Å². The molecule has 3 rings (SSSR count). The largest absolute Gasteiger partial charge is 0.481 e. The number of fused-ring (bicyclic) bond motifs is 1. The minimum atomic E-state index is -0.689. The summed E-state index contributed by atoms with van der Waals surface area (Å²) in [5.74, 6) is -0.945. The number of pyridine rings is 1. The van der Waals surface area contributed by atoms with E-state index in [9.17, 15) is 9.90 Å². The minimum absolute atomic E-state index is 0.0680. The molecular weight excluding hydrogens is 254 g/mol. The van der Waals surface area contributed by atoms with E-state index < -0.39 is 5.97 Å². The van der Waals surface area contributed by atoms with Gasteiger partial charge in [0.25, 0.3) is 0 Å². The van der Waals surface area contributed by atoms with Gasteiger partial charge >= 0.3 is 5.97 Å². The summed E-state index contributed by atoms with van der Waals surface area (Å²) in [6.07, 6.45) is 4.75. The zero-order valence-electron chi connectivity index (χ0n) is 11.8. The van der Waals surface area contributed by atoms with Crippen LogP contribution in [0.25, 0.3) is 5.65 Å². The summed E-state index contributed by atoms with van der Waals surface area (Å²) in [5.41, 5.74) is 3.12. The highest BCUT2D eigenvalue weighted by molar-refractivity contribution is 5.71. The summed E-state index contributed by atoms with van der Waals surface area (Å²) in [6.45, 7) is 5.58. The van der Waals surface area contributed by atoms with Gasteiger partial charge < -0.3 is 9.51 Å². The number of carboxylic acids is 1. The van der Waals surface area contributed by atoms with Crippen molar-refractivity contribution in [2.24, 2.45) is 5.92 Å². The maximum Gasteiger partial charge on any atom is 0.308 e. The number of aromatic nitrogens is 2. The predicted molar refractivity (Wildman–Crippen MR) is 75.5 cm³/mol. The predicted octanol–water partition coefficient (Wildman–Crippen LogP) is 1.94. The van der Waals surface area contributed by atoms with E-state index in [1.54, 1.807) is 0 Å². The number of aliphatic carboxylic acids is 1. The van der Waals surface area contributed by atoms with Crippen molar-refractivity contribution in [3.63, 3.8) is 0 Å². The Morgan fingerprint density at radius 2 is 2.35 bits per heavy atom. The summed E-state index contributed by atoms with van der Waals surface area (Å²) in [5, 5.41) is 9.17. The number of imidazole rings is 1. The molecule has 2 unspecified atom stereocenters. The van der Waals surface area contributed by atoms with Gasteiger partial charge in [-0.15, -0.1) is 0 Å². The van der Waals surface area contributed by atoms with Crippen molar-refractivity contribution in [3.05, 3.63) is 35.8 Å². The monoisotopic (exact) mass is 273 g/mol. The molecule has 2 aromatic rings. The Morgan fingerprint density at radius 1 is 1.55 bits per heavy atom. The Morgan fingerprint density at radius 3 is 3.00 bits per heavy atom. The molecule has 1 N–H and O–H groups in total.